The van der Waals surface area contributed by atoms with Crippen LogP contribution in [0.25, 0.3) is 0 Å². The summed E-state index contributed by atoms with van der Waals surface area (Å²) in [5.41, 5.74) is 7.22. The Labute approximate surface area is 108 Å². The van der Waals surface area contributed by atoms with Gasteiger partial charge in [-0.3, -0.25) is 0 Å². The predicted molar refractivity (Wildman–Crippen MR) is 71.0 cm³/mol. The highest BCUT2D eigenvalue weighted by Gasteiger charge is 2.19. The Morgan fingerprint density at radius 3 is 2.62 bits per heavy atom. The molecule has 1 saturated heterocycles. The van der Waals surface area contributed by atoms with Gasteiger partial charge in [0.25, 0.3) is 0 Å². The number of benzene rings is 1. The first kappa shape index (κ1) is 11.9. The first-order valence-electron chi connectivity index (χ1n) is 5.25. The number of hydrogen-bond acceptors (Lipinski definition) is 3. The van der Waals surface area contributed by atoms with E-state index in [-0.39, 0.29) is 11.9 Å². The summed E-state index contributed by atoms with van der Waals surface area (Å²) in [4.78, 5) is 2.03. The summed E-state index contributed by atoms with van der Waals surface area (Å²) in [5, 5.41) is 9.41. The Morgan fingerprint density at radius 1 is 1.38 bits per heavy atom. The molecule has 1 fully saturated rings. The lowest BCUT2D eigenvalue weighted by Gasteiger charge is -2.32. The summed E-state index contributed by atoms with van der Waals surface area (Å²) in [7, 11) is 0. The van der Waals surface area contributed by atoms with E-state index in [1.54, 1.807) is 6.07 Å². The number of nitrogens with two attached hydrogens (primary N) is 1. The van der Waals surface area contributed by atoms with Gasteiger partial charge < -0.3 is 15.7 Å². The average molecular weight is 336 g/mol. The summed E-state index contributed by atoms with van der Waals surface area (Å²) in [6, 6.07) is 3.13. The molecular formula is C11H14FIN2O. The van der Waals surface area contributed by atoms with Crippen LogP contribution in [0.15, 0.2) is 12.1 Å². The van der Waals surface area contributed by atoms with Crippen LogP contribution in [0.3, 0.4) is 0 Å². The van der Waals surface area contributed by atoms with Gasteiger partial charge in [-0.05, 0) is 41.5 Å². The molecule has 1 aromatic rings. The van der Waals surface area contributed by atoms with Gasteiger partial charge in [0.05, 0.1) is 21.0 Å². The standard InChI is InChI=1S/C11H14FIN2O/c12-8-5-11(10(14)6-9(8)13)15-3-1-7(16)2-4-15/h5-7,16H,1-4,14H2. The molecule has 2 rings (SSSR count). The molecule has 0 radical (unpaired) electrons. The highest BCUT2D eigenvalue weighted by atomic mass is 127. The van der Waals surface area contributed by atoms with Gasteiger partial charge in [0.2, 0.25) is 0 Å². The lowest BCUT2D eigenvalue weighted by molar-refractivity contribution is 0.145. The lowest BCUT2D eigenvalue weighted by atomic mass is 10.1. The number of halogens is 2. The van der Waals surface area contributed by atoms with E-state index in [0.717, 1.165) is 18.8 Å². The largest absolute Gasteiger partial charge is 0.397 e. The molecule has 0 unspecified atom stereocenters. The number of anilines is 2. The molecule has 3 nitrogen and oxygen atoms in total. The fraction of sp³-hybridized carbons (Fsp3) is 0.455. The van der Waals surface area contributed by atoms with Crippen LogP contribution in [0.1, 0.15) is 12.8 Å². The molecule has 88 valence electrons. The fourth-order valence-corrected chi connectivity index (χ4v) is 2.42. The van der Waals surface area contributed by atoms with Crippen LogP contribution in [0.2, 0.25) is 0 Å². The number of nitrogens with zero attached hydrogens (tertiary/aromatic N) is 1. The molecule has 0 atom stereocenters. The Morgan fingerprint density at radius 2 is 2.00 bits per heavy atom. The maximum absolute atomic E-state index is 13.5. The first-order chi connectivity index (χ1) is 7.58. The molecule has 1 aliphatic rings. The van der Waals surface area contributed by atoms with Crippen LogP contribution in [0, 0.1) is 9.39 Å². The fourth-order valence-electron chi connectivity index (χ4n) is 1.93. The van der Waals surface area contributed by atoms with Gasteiger partial charge in [0.15, 0.2) is 0 Å². The molecule has 0 spiro atoms. The van der Waals surface area contributed by atoms with Crippen molar-refractivity contribution in [3.05, 3.63) is 21.5 Å². The van der Waals surface area contributed by atoms with Crippen LogP contribution in [0.5, 0.6) is 0 Å². The third-order valence-corrected chi connectivity index (χ3v) is 3.70. The zero-order valence-electron chi connectivity index (χ0n) is 8.79. The summed E-state index contributed by atoms with van der Waals surface area (Å²) in [5.74, 6) is -0.240. The van der Waals surface area contributed by atoms with Gasteiger partial charge in [0.1, 0.15) is 5.82 Å². The molecule has 0 saturated carbocycles. The van der Waals surface area contributed by atoms with Crippen LogP contribution in [-0.4, -0.2) is 24.3 Å². The van der Waals surface area contributed by atoms with Gasteiger partial charge in [-0.25, -0.2) is 4.39 Å². The Balaban J connectivity index is 2.23. The zero-order chi connectivity index (χ0) is 11.7. The summed E-state index contributed by atoms with van der Waals surface area (Å²) in [6.45, 7) is 1.46. The second-order valence-corrected chi connectivity index (χ2v) is 5.21. The first-order valence-corrected chi connectivity index (χ1v) is 6.33. The van der Waals surface area contributed by atoms with Crippen molar-refractivity contribution in [3.8, 4) is 0 Å². The van der Waals surface area contributed by atoms with E-state index in [0.29, 0.717) is 22.1 Å². The van der Waals surface area contributed by atoms with Gasteiger partial charge in [-0.1, -0.05) is 0 Å². The van der Waals surface area contributed by atoms with Crippen molar-refractivity contribution in [2.45, 2.75) is 18.9 Å². The quantitative estimate of drug-likeness (QED) is 0.609. The zero-order valence-corrected chi connectivity index (χ0v) is 10.9. The van der Waals surface area contributed by atoms with Crippen molar-refractivity contribution in [1.82, 2.24) is 0 Å². The van der Waals surface area contributed by atoms with E-state index in [9.17, 15) is 9.50 Å². The Hall–Kier alpha value is -0.560. The topological polar surface area (TPSA) is 49.5 Å². The average Bonchev–Trinajstić information content (AvgIpc) is 2.25. The molecule has 0 aromatic heterocycles. The van der Waals surface area contributed by atoms with E-state index >= 15 is 0 Å². The second-order valence-electron chi connectivity index (χ2n) is 4.04. The van der Waals surface area contributed by atoms with Gasteiger partial charge in [0, 0.05) is 19.2 Å². The van der Waals surface area contributed by atoms with Crippen molar-refractivity contribution in [1.29, 1.82) is 0 Å². The lowest BCUT2D eigenvalue weighted by Crippen LogP contribution is -2.36. The third-order valence-electron chi connectivity index (χ3n) is 2.87. The van der Waals surface area contributed by atoms with E-state index < -0.39 is 0 Å². The van der Waals surface area contributed by atoms with E-state index in [2.05, 4.69) is 0 Å². The Bertz CT molecular complexity index is 392. The SMILES string of the molecule is Nc1cc(I)c(F)cc1N1CCC(O)CC1. The number of aliphatic hydroxyl groups is 1. The van der Waals surface area contributed by atoms with Gasteiger partial charge >= 0.3 is 0 Å². The highest BCUT2D eigenvalue weighted by molar-refractivity contribution is 14.1. The normalized spacial score (nSPS) is 17.8. The minimum Gasteiger partial charge on any atom is -0.397 e. The molecule has 16 heavy (non-hydrogen) atoms. The Kier molecular flexibility index (Phi) is 3.53. The van der Waals surface area contributed by atoms with E-state index in [1.807, 2.05) is 27.5 Å². The van der Waals surface area contributed by atoms with Crippen molar-refractivity contribution in [2.24, 2.45) is 0 Å². The molecule has 0 amide bonds. The van der Waals surface area contributed by atoms with Crippen molar-refractivity contribution < 1.29 is 9.50 Å². The van der Waals surface area contributed by atoms with E-state index in [4.69, 9.17) is 5.73 Å². The van der Waals surface area contributed by atoms with Gasteiger partial charge in [-0.15, -0.1) is 0 Å². The van der Waals surface area contributed by atoms with Crippen molar-refractivity contribution in [3.63, 3.8) is 0 Å². The van der Waals surface area contributed by atoms with Crippen LogP contribution >= 0.6 is 22.6 Å². The number of rotatable bonds is 1. The molecule has 0 bridgehead atoms. The minimum atomic E-state index is -0.240. The number of nitrogen functional groups attached to an aromatic ring is 1. The van der Waals surface area contributed by atoms with Crippen LogP contribution in [-0.2, 0) is 0 Å². The van der Waals surface area contributed by atoms with Crippen LogP contribution < -0.4 is 10.6 Å². The number of aliphatic hydroxyl groups excluding tert-OH is 1. The summed E-state index contributed by atoms with van der Waals surface area (Å²) >= 11 is 1.93. The molecule has 3 N–H and O–H groups in total. The maximum atomic E-state index is 13.5. The molecule has 1 heterocycles. The molecule has 1 aromatic carbocycles. The number of piperidine rings is 1. The smallest absolute Gasteiger partial charge is 0.138 e. The monoisotopic (exact) mass is 336 g/mol. The molecule has 1 aliphatic heterocycles. The minimum absolute atomic E-state index is 0.230. The number of hydrogen-bond donors (Lipinski definition) is 2. The predicted octanol–water partition coefficient (Wildman–Crippen LogP) is 1.97. The van der Waals surface area contributed by atoms with Crippen molar-refractivity contribution >= 4 is 34.0 Å². The second kappa shape index (κ2) is 4.75. The highest BCUT2D eigenvalue weighted by Crippen LogP contribution is 2.29. The van der Waals surface area contributed by atoms with Gasteiger partial charge in [-0.2, -0.15) is 0 Å². The van der Waals surface area contributed by atoms with Crippen molar-refractivity contribution in [2.75, 3.05) is 23.7 Å². The third kappa shape index (κ3) is 2.40. The maximum Gasteiger partial charge on any atom is 0.138 e. The molecular weight excluding hydrogens is 322 g/mol. The van der Waals surface area contributed by atoms with E-state index in [1.165, 1.54) is 6.07 Å². The molecule has 5 heteroatoms. The van der Waals surface area contributed by atoms with Crippen LogP contribution in [0.4, 0.5) is 15.8 Å². The summed E-state index contributed by atoms with van der Waals surface area (Å²) < 4.78 is 14.0. The summed E-state index contributed by atoms with van der Waals surface area (Å²) in [6.07, 6.45) is 1.20. The molecule has 0 aliphatic carbocycles.